The number of ether oxygens (including phenoxy) is 5. The predicted octanol–water partition coefficient (Wildman–Crippen LogP) is 6.59. The van der Waals surface area contributed by atoms with E-state index >= 15 is 0 Å². The molecule has 0 saturated carbocycles. The van der Waals surface area contributed by atoms with Crippen LogP contribution in [0.3, 0.4) is 0 Å². The second-order valence-corrected chi connectivity index (χ2v) is 14.6. The van der Waals surface area contributed by atoms with Gasteiger partial charge in [0.15, 0.2) is 13.6 Å². The van der Waals surface area contributed by atoms with Gasteiger partial charge in [-0.05, 0) is 82.1 Å². The summed E-state index contributed by atoms with van der Waals surface area (Å²) in [5.41, 5.74) is 6.13. The number of carboxylic acids is 1. The molecule has 57 heavy (non-hydrogen) atoms. The Morgan fingerprint density at radius 1 is 0.719 bits per heavy atom. The standard InChI is InChI=1S/C29H46N2O6.C14H17NO5/c1-4-5-6-9-15-23(16-10-7-8-14-22(2)27(30)32)37-29(34)25-18-13-20-31(25)28(33)24-17-11-12-19-26(24)36-21-35-3;1-19-9-20-12-7-3-2-5-10(12)13(16)15-8-4-6-11(15)14(17)18/h11-12,17,19,22-23,25H,4-10,13-16,18,20-21H2,1-3H3,(H2,30,32);2-3,5,7,11H,4,6,8-9H2,1H3,(H,17,18)/t22-,23-,25+;11-/m10/s1. The molecule has 2 saturated heterocycles. The molecule has 3 N–H and O–H groups in total. The van der Waals surface area contributed by atoms with E-state index in [-0.39, 0.29) is 49.3 Å². The quantitative estimate of drug-likeness (QED) is 0.0703. The third-order valence-corrected chi connectivity index (χ3v) is 10.3. The number of unbranched alkanes of at least 4 members (excludes halogenated alkanes) is 5. The molecular weight excluding hydrogens is 734 g/mol. The second-order valence-electron chi connectivity index (χ2n) is 14.6. The van der Waals surface area contributed by atoms with Crippen molar-refractivity contribution in [2.24, 2.45) is 11.7 Å². The smallest absolute Gasteiger partial charge is 0.329 e. The van der Waals surface area contributed by atoms with E-state index in [0.29, 0.717) is 55.0 Å². The summed E-state index contributed by atoms with van der Waals surface area (Å²) in [6.07, 6.45) is 12.1. The Kier molecular flexibility index (Phi) is 20.9. The van der Waals surface area contributed by atoms with Gasteiger partial charge in [0.1, 0.15) is 29.7 Å². The van der Waals surface area contributed by atoms with Gasteiger partial charge in [0.2, 0.25) is 5.91 Å². The lowest BCUT2D eigenvalue weighted by atomic mass is 9.99. The predicted molar refractivity (Wildman–Crippen MR) is 214 cm³/mol. The number of esters is 1. The zero-order valence-corrected chi connectivity index (χ0v) is 34.2. The number of carbonyl (C=O) groups is 5. The summed E-state index contributed by atoms with van der Waals surface area (Å²) in [6.45, 7) is 5.07. The van der Waals surface area contributed by atoms with Gasteiger partial charge in [0.25, 0.3) is 11.8 Å². The molecule has 4 rings (SSSR count). The molecule has 2 fully saturated rings. The topological polar surface area (TPSA) is 184 Å². The molecule has 14 nitrogen and oxygen atoms in total. The highest BCUT2D eigenvalue weighted by Crippen LogP contribution is 2.28. The minimum atomic E-state index is -0.967. The fourth-order valence-electron chi connectivity index (χ4n) is 7.06. The van der Waals surface area contributed by atoms with Crippen LogP contribution in [-0.4, -0.2) is 104 Å². The molecule has 0 unspecified atom stereocenters. The Bertz CT molecular complexity index is 1570. The maximum absolute atomic E-state index is 13.4. The van der Waals surface area contributed by atoms with Crippen LogP contribution in [0, 0.1) is 5.92 Å². The molecule has 0 radical (unpaired) electrons. The molecule has 316 valence electrons. The molecule has 14 heteroatoms. The summed E-state index contributed by atoms with van der Waals surface area (Å²) in [4.78, 5) is 64.6. The lowest BCUT2D eigenvalue weighted by Gasteiger charge is -2.26. The number of rotatable bonds is 23. The molecule has 0 bridgehead atoms. The van der Waals surface area contributed by atoms with Crippen molar-refractivity contribution in [2.45, 2.75) is 122 Å². The van der Waals surface area contributed by atoms with Crippen LogP contribution in [0.25, 0.3) is 0 Å². The first-order valence-corrected chi connectivity index (χ1v) is 20.3. The van der Waals surface area contributed by atoms with E-state index in [1.54, 1.807) is 53.4 Å². The summed E-state index contributed by atoms with van der Waals surface area (Å²) >= 11 is 0. The number of aliphatic carboxylic acids is 1. The Morgan fingerprint density at radius 2 is 1.19 bits per heavy atom. The number of nitrogens with zero attached hydrogens (tertiary/aromatic N) is 2. The zero-order valence-electron chi connectivity index (χ0n) is 34.2. The summed E-state index contributed by atoms with van der Waals surface area (Å²) in [5.74, 6) is -1.36. The number of carboxylic acid groups (broad SMARTS) is 1. The fourth-order valence-corrected chi connectivity index (χ4v) is 7.06. The van der Waals surface area contributed by atoms with E-state index in [9.17, 15) is 24.0 Å². The molecule has 2 aliphatic rings. The van der Waals surface area contributed by atoms with Crippen molar-refractivity contribution in [3.8, 4) is 11.5 Å². The first-order chi connectivity index (χ1) is 27.5. The van der Waals surface area contributed by atoms with Crippen LogP contribution in [0.15, 0.2) is 48.5 Å². The molecule has 2 heterocycles. The van der Waals surface area contributed by atoms with Crippen LogP contribution in [0.2, 0.25) is 0 Å². The van der Waals surface area contributed by atoms with E-state index in [0.717, 1.165) is 64.2 Å². The lowest BCUT2D eigenvalue weighted by Crippen LogP contribution is -2.42. The van der Waals surface area contributed by atoms with Crippen molar-refractivity contribution in [2.75, 3.05) is 40.9 Å². The number of carbonyl (C=O) groups excluding carboxylic acids is 4. The van der Waals surface area contributed by atoms with Crippen molar-refractivity contribution in [1.29, 1.82) is 0 Å². The Labute approximate surface area is 337 Å². The van der Waals surface area contributed by atoms with Gasteiger partial charge in [0.05, 0.1) is 11.1 Å². The van der Waals surface area contributed by atoms with E-state index in [1.165, 1.54) is 25.5 Å². The molecule has 3 amide bonds. The van der Waals surface area contributed by atoms with Crippen LogP contribution in [0.4, 0.5) is 0 Å². The number of likely N-dealkylation sites (tertiary alicyclic amines) is 2. The maximum Gasteiger partial charge on any atom is 0.329 e. The minimum absolute atomic E-state index is 0.0344. The monoisotopic (exact) mass is 797 g/mol. The van der Waals surface area contributed by atoms with E-state index in [4.69, 9.17) is 34.5 Å². The number of hydrogen-bond acceptors (Lipinski definition) is 10. The van der Waals surface area contributed by atoms with Gasteiger partial charge in [-0.2, -0.15) is 0 Å². The molecule has 4 atom stereocenters. The van der Waals surface area contributed by atoms with Crippen LogP contribution in [0.1, 0.15) is 124 Å². The van der Waals surface area contributed by atoms with Crippen molar-refractivity contribution in [3.05, 3.63) is 59.7 Å². The second kappa shape index (κ2) is 25.5. The van der Waals surface area contributed by atoms with E-state index in [2.05, 4.69) is 6.92 Å². The van der Waals surface area contributed by atoms with Crippen molar-refractivity contribution >= 4 is 29.7 Å². The van der Waals surface area contributed by atoms with Crippen molar-refractivity contribution in [1.82, 2.24) is 9.80 Å². The van der Waals surface area contributed by atoms with Crippen LogP contribution in [0.5, 0.6) is 11.5 Å². The SMILES string of the molecule is CCCCCC[C@H](CCCCC[C@@H](C)C(N)=O)OC(=O)[C@@H]1CCCN1C(=O)c1ccccc1OCOC.COCOc1ccccc1C(=O)N1CCC[C@H]1C(=O)O. The number of primary amides is 1. The minimum Gasteiger partial charge on any atom is -0.480 e. The van der Waals surface area contributed by atoms with E-state index in [1.807, 2.05) is 6.92 Å². The normalized spacial score (nSPS) is 17.3. The highest BCUT2D eigenvalue weighted by atomic mass is 16.7. The molecular formula is C43H63N3O11. The number of methoxy groups -OCH3 is 2. The summed E-state index contributed by atoms with van der Waals surface area (Å²) in [7, 11) is 3.02. The van der Waals surface area contributed by atoms with Crippen LogP contribution < -0.4 is 15.2 Å². The molecule has 2 aromatic rings. The summed E-state index contributed by atoms with van der Waals surface area (Å²) in [5, 5.41) is 9.15. The number of benzene rings is 2. The third kappa shape index (κ3) is 15.0. The highest BCUT2D eigenvalue weighted by Gasteiger charge is 2.38. The Hall–Kier alpha value is -4.69. The summed E-state index contributed by atoms with van der Waals surface area (Å²) < 4.78 is 26.8. The molecule has 0 aromatic heterocycles. The van der Waals surface area contributed by atoms with Crippen LogP contribution >= 0.6 is 0 Å². The molecule has 0 aliphatic carbocycles. The zero-order chi connectivity index (χ0) is 41.6. The number of para-hydroxylation sites is 2. The van der Waals surface area contributed by atoms with Gasteiger partial charge < -0.3 is 44.3 Å². The Morgan fingerprint density at radius 3 is 1.68 bits per heavy atom. The largest absolute Gasteiger partial charge is 0.480 e. The number of hydrogen-bond donors (Lipinski definition) is 2. The Balaban J connectivity index is 0.000000364. The first kappa shape index (κ1) is 46.7. The average Bonchev–Trinajstić information content (AvgIpc) is 3.92. The van der Waals surface area contributed by atoms with Gasteiger partial charge in [0, 0.05) is 33.2 Å². The van der Waals surface area contributed by atoms with Crippen LogP contribution in [-0.2, 0) is 28.6 Å². The van der Waals surface area contributed by atoms with Gasteiger partial charge in [-0.15, -0.1) is 0 Å². The average molecular weight is 798 g/mol. The lowest BCUT2D eigenvalue weighted by molar-refractivity contribution is -0.154. The number of amides is 3. The van der Waals surface area contributed by atoms with Gasteiger partial charge in [-0.25, -0.2) is 9.59 Å². The number of nitrogens with two attached hydrogens (primary N) is 1. The maximum atomic E-state index is 13.4. The highest BCUT2D eigenvalue weighted by molar-refractivity contribution is 6.00. The third-order valence-electron chi connectivity index (χ3n) is 10.3. The molecule has 2 aromatic carbocycles. The van der Waals surface area contributed by atoms with E-state index < -0.39 is 18.1 Å². The fraction of sp³-hybridized carbons (Fsp3) is 0.605. The van der Waals surface area contributed by atoms with Crippen molar-refractivity contribution in [3.63, 3.8) is 0 Å². The first-order valence-electron chi connectivity index (χ1n) is 20.3. The molecule has 0 spiro atoms. The molecule has 2 aliphatic heterocycles. The summed E-state index contributed by atoms with van der Waals surface area (Å²) in [6, 6.07) is 12.5. The van der Waals surface area contributed by atoms with Crippen molar-refractivity contribution < 1.29 is 52.8 Å². The van der Waals surface area contributed by atoms with Gasteiger partial charge in [-0.3, -0.25) is 14.4 Å². The van der Waals surface area contributed by atoms with Gasteiger partial charge in [-0.1, -0.05) is 70.2 Å². The van der Waals surface area contributed by atoms with Gasteiger partial charge >= 0.3 is 11.9 Å².